The summed E-state index contributed by atoms with van der Waals surface area (Å²) in [5.74, 6) is 0.0735. The van der Waals surface area contributed by atoms with Gasteiger partial charge in [-0.3, -0.25) is 4.79 Å². The highest BCUT2D eigenvalue weighted by atomic mass is 16.5. The first-order valence-electron chi connectivity index (χ1n) is 6.79. The Morgan fingerprint density at radius 2 is 2.00 bits per heavy atom. The van der Waals surface area contributed by atoms with Gasteiger partial charge < -0.3 is 20.1 Å². The lowest BCUT2D eigenvalue weighted by molar-refractivity contribution is -0.121. The molecule has 2 N–H and O–H groups in total. The molecule has 2 unspecified atom stereocenters. The number of hydrogen-bond donors (Lipinski definition) is 2. The summed E-state index contributed by atoms with van der Waals surface area (Å²) in [6.07, 6.45) is 5.57. The Morgan fingerprint density at radius 3 is 2.72 bits per heavy atom. The fraction of sp³-hybridized carbons (Fsp3) is 0.923. The highest BCUT2D eigenvalue weighted by molar-refractivity contribution is 5.76. The van der Waals surface area contributed by atoms with Crippen molar-refractivity contribution in [1.29, 1.82) is 0 Å². The molecule has 0 aromatic carbocycles. The number of methoxy groups -OCH3 is 2. The quantitative estimate of drug-likeness (QED) is 0.629. The molecular formula is C13H26N2O3. The minimum absolute atomic E-state index is 0.0735. The summed E-state index contributed by atoms with van der Waals surface area (Å²) in [4.78, 5) is 11.5. The van der Waals surface area contributed by atoms with E-state index in [0.29, 0.717) is 38.3 Å². The lowest BCUT2D eigenvalue weighted by Crippen LogP contribution is -2.44. The lowest BCUT2D eigenvalue weighted by Gasteiger charge is -2.31. The summed E-state index contributed by atoms with van der Waals surface area (Å²) in [6.45, 7) is 1.86. The molecule has 0 heterocycles. The van der Waals surface area contributed by atoms with Crippen molar-refractivity contribution in [3.8, 4) is 0 Å². The van der Waals surface area contributed by atoms with Crippen molar-refractivity contribution in [2.75, 3.05) is 33.9 Å². The summed E-state index contributed by atoms with van der Waals surface area (Å²) in [7, 11) is 3.39. The average molecular weight is 258 g/mol. The number of amides is 1. The van der Waals surface area contributed by atoms with Gasteiger partial charge in [0.15, 0.2) is 0 Å². The van der Waals surface area contributed by atoms with E-state index < -0.39 is 0 Å². The Kier molecular flexibility index (Phi) is 7.96. The molecule has 5 heteroatoms. The minimum atomic E-state index is 0.0735. The molecule has 1 amide bonds. The maximum Gasteiger partial charge on any atom is 0.221 e. The highest BCUT2D eigenvalue weighted by Gasteiger charge is 2.24. The molecule has 1 saturated carbocycles. The van der Waals surface area contributed by atoms with Crippen molar-refractivity contribution < 1.29 is 14.3 Å². The van der Waals surface area contributed by atoms with E-state index in [-0.39, 0.29) is 5.91 Å². The molecule has 1 fully saturated rings. The van der Waals surface area contributed by atoms with Crippen LogP contribution < -0.4 is 10.6 Å². The number of carbonyl (C=O) groups is 1. The van der Waals surface area contributed by atoms with Gasteiger partial charge in [0.05, 0.1) is 12.7 Å². The van der Waals surface area contributed by atoms with Gasteiger partial charge in [0.2, 0.25) is 5.91 Å². The van der Waals surface area contributed by atoms with Gasteiger partial charge in [0, 0.05) is 39.8 Å². The largest absolute Gasteiger partial charge is 0.383 e. The van der Waals surface area contributed by atoms with Crippen LogP contribution in [0.5, 0.6) is 0 Å². The van der Waals surface area contributed by atoms with Crippen molar-refractivity contribution in [2.24, 2.45) is 0 Å². The Labute approximate surface area is 110 Å². The fourth-order valence-electron chi connectivity index (χ4n) is 2.36. The molecule has 0 radical (unpaired) electrons. The van der Waals surface area contributed by atoms with Crippen LogP contribution in [-0.2, 0) is 14.3 Å². The summed E-state index contributed by atoms with van der Waals surface area (Å²) in [5.41, 5.74) is 0. The van der Waals surface area contributed by atoms with Gasteiger partial charge in [0.1, 0.15) is 0 Å². The molecule has 106 valence electrons. The van der Waals surface area contributed by atoms with E-state index in [1.165, 1.54) is 12.8 Å². The van der Waals surface area contributed by atoms with E-state index in [1.807, 2.05) is 0 Å². The van der Waals surface area contributed by atoms with Crippen LogP contribution in [0.3, 0.4) is 0 Å². The van der Waals surface area contributed by atoms with Gasteiger partial charge in [-0.15, -0.1) is 0 Å². The van der Waals surface area contributed by atoms with Gasteiger partial charge in [-0.2, -0.15) is 0 Å². The molecule has 0 bridgehead atoms. The Bertz CT molecular complexity index is 236. The third kappa shape index (κ3) is 5.80. The highest BCUT2D eigenvalue weighted by Crippen LogP contribution is 2.20. The van der Waals surface area contributed by atoms with E-state index >= 15 is 0 Å². The lowest BCUT2D eigenvalue weighted by atomic mass is 9.92. The smallest absolute Gasteiger partial charge is 0.221 e. The van der Waals surface area contributed by atoms with Crippen LogP contribution in [0.15, 0.2) is 0 Å². The molecule has 0 aromatic rings. The SMILES string of the molecule is COCCNC(=O)CCNC1CCCCC1OC. The zero-order valence-electron chi connectivity index (χ0n) is 11.5. The third-order valence-corrected chi connectivity index (χ3v) is 3.39. The Hall–Kier alpha value is -0.650. The van der Waals surface area contributed by atoms with Gasteiger partial charge in [-0.05, 0) is 12.8 Å². The van der Waals surface area contributed by atoms with Crippen LogP contribution in [0.2, 0.25) is 0 Å². The first-order valence-corrected chi connectivity index (χ1v) is 6.79. The Morgan fingerprint density at radius 1 is 1.22 bits per heavy atom. The second kappa shape index (κ2) is 9.30. The molecule has 1 rings (SSSR count). The first kappa shape index (κ1) is 15.4. The molecule has 18 heavy (non-hydrogen) atoms. The normalized spacial score (nSPS) is 23.9. The van der Waals surface area contributed by atoms with Crippen LogP contribution >= 0.6 is 0 Å². The minimum Gasteiger partial charge on any atom is -0.383 e. The molecule has 5 nitrogen and oxygen atoms in total. The second-order valence-electron chi connectivity index (χ2n) is 4.71. The van der Waals surface area contributed by atoms with Gasteiger partial charge in [0.25, 0.3) is 0 Å². The van der Waals surface area contributed by atoms with E-state index in [0.717, 1.165) is 12.8 Å². The van der Waals surface area contributed by atoms with Gasteiger partial charge >= 0.3 is 0 Å². The van der Waals surface area contributed by atoms with Gasteiger partial charge in [-0.1, -0.05) is 12.8 Å². The summed E-state index contributed by atoms with van der Waals surface area (Å²) in [5, 5.41) is 6.24. The monoisotopic (exact) mass is 258 g/mol. The summed E-state index contributed by atoms with van der Waals surface area (Å²) in [6, 6.07) is 0.399. The molecule has 1 aliphatic rings. The molecule has 0 saturated heterocycles. The van der Waals surface area contributed by atoms with Crippen molar-refractivity contribution in [3.05, 3.63) is 0 Å². The Balaban J connectivity index is 2.10. The number of ether oxygens (including phenoxy) is 2. The van der Waals surface area contributed by atoms with E-state index in [4.69, 9.17) is 9.47 Å². The number of nitrogens with one attached hydrogen (secondary N) is 2. The standard InChI is InChI=1S/C13H26N2O3/c1-17-10-9-15-13(16)7-8-14-11-5-3-4-6-12(11)18-2/h11-12,14H,3-10H2,1-2H3,(H,15,16). The number of carbonyl (C=O) groups excluding carboxylic acids is 1. The second-order valence-corrected chi connectivity index (χ2v) is 4.71. The topological polar surface area (TPSA) is 59.6 Å². The van der Waals surface area contributed by atoms with Crippen molar-refractivity contribution in [3.63, 3.8) is 0 Å². The first-order chi connectivity index (χ1) is 8.77. The van der Waals surface area contributed by atoms with Crippen molar-refractivity contribution >= 4 is 5.91 Å². The molecule has 2 atom stereocenters. The molecule has 0 aromatic heterocycles. The molecular weight excluding hydrogens is 232 g/mol. The average Bonchev–Trinajstić information content (AvgIpc) is 2.39. The van der Waals surface area contributed by atoms with Crippen LogP contribution in [0.4, 0.5) is 0 Å². The maximum absolute atomic E-state index is 11.5. The molecule has 1 aliphatic carbocycles. The maximum atomic E-state index is 11.5. The van der Waals surface area contributed by atoms with Crippen LogP contribution in [0.25, 0.3) is 0 Å². The van der Waals surface area contributed by atoms with E-state index in [1.54, 1.807) is 14.2 Å². The van der Waals surface area contributed by atoms with E-state index in [9.17, 15) is 4.79 Å². The van der Waals surface area contributed by atoms with Crippen molar-refractivity contribution in [1.82, 2.24) is 10.6 Å². The zero-order valence-corrected chi connectivity index (χ0v) is 11.5. The molecule has 0 aliphatic heterocycles. The third-order valence-electron chi connectivity index (χ3n) is 3.39. The van der Waals surface area contributed by atoms with Crippen LogP contribution in [-0.4, -0.2) is 52.0 Å². The predicted molar refractivity (Wildman–Crippen MR) is 70.6 cm³/mol. The van der Waals surface area contributed by atoms with Crippen LogP contribution in [0, 0.1) is 0 Å². The molecule has 0 spiro atoms. The summed E-state index contributed by atoms with van der Waals surface area (Å²) >= 11 is 0. The van der Waals surface area contributed by atoms with E-state index in [2.05, 4.69) is 10.6 Å². The zero-order chi connectivity index (χ0) is 13.2. The van der Waals surface area contributed by atoms with Crippen LogP contribution in [0.1, 0.15) is 32.1 Å². The van der Waals surface area contributed by atoms with Crippen molar-refractivity contribution in [2.45, 2.75) is 44.2 Å². The number of hydrogen-bond acceptors (Lipinski definition) is 4. The summed E-state index contributed by atoms with van der Waals surface area (Å²) < 4.78 is 10.3. The number of rotatable bonds is 8. The fourth-order valence-corrected chi connectivity index (χ4v) is 2.36. The predicted octanol–water partition coefficient (Wildman–Crippen LogP) is 0.686. The van der Waals surface area contributed by atoms with Gasteiger partial charge in [-0.25, -0.2) is 0 Å².